The van der Waals surface area contributed by atoms with Gasteiger partial charge in [-0.2, -0.15) is 5.10 Å². The van der Waals surface area contributed by atoms with Crippen molar-refractivity contribution in [3.05, 3.63) is 17.0 Å². The molecule has 0 aliphatic carbocycles. The molecule has 1 saturated heterocycles. The number of rotatable bonds is 5. The highest BCUT2D eigenvalue weighted by Gasteiger charge is 2.35. The van der Waals surface area contributed by atoms with E-state index in [1.807, 2.05) is 18.5 Å². The van der Waals surface area contributed by atoms with Crippen molar-refractivity contribution in [2.45, 2.75) is 59.3 Å². The molecule has 0 unspecified atom stereocenters. The van der Waals surface area contributed by atoms with Crippen molar-refractivity contribution in [1.29, 1.82) is 0 Å². The molecule has 6 heteroatoms. The maximum absolute atomic E-state index is 13.5. The van der Waals surface area contributed by atoms with E-state index in [0.29, 0.717) is 5.92 Å². The number of carbonyl (C=O) groups is 1. The lowest BCUT2D eigenvalue weighted by atomic mass is 10.1. The molecule has 2 atom stereocenters. The molecule has 1 fully saturated rings. The van der Waals surface area contributed by atoms with Gasteiger partial charge in [0.05, 0.1) is 31.3 Å². The summed E-state index contributed by atoms with van der Waals surface area (Å²) in [7, 11) is 0. The van der Waals surface area contributed by atoms with Gasteiger partial charge in [0, 0.05) is 24.2 Å². The first-order valence-electron chi connectivity index (χ1n) is 7.90. The van der Waals surface area contributed by atoms with E-state index in [1.54, 1.807) is 0 Å². The summed E-state index contributed by atoms with van der Waals surface area (Å²) in [5, 5.41) is 13.8. The van der Waals surface area contributed by atoms with Crippen LogP contribution in [0.15, 0.2) is 0 Å². The molecule has 5 nitrogen and oxygen atoms in total. The average molecular weight is 311 g/mol. The predicted molar refractivity (Wildman–Crippen MR) is 82.3 cm³/mol. The van der Waals surface area contributed by atoms with Gasteiger partial charge >= 0.3 is 0 Å². The Morgan fingerprint density at radius 1 is 1.45 bits per heavy atom. The fourth-order valence-electron chi connectivity index (χ4n) is 3.10. The Morgan fingerprint density at radius 2 is 2.14 bits per heavy atom. The van der Waals surface area contributed by atoms with Crippen LogP contribution in [0.3, 0.4) is 0 Å². The molecule has 1 amide bonds. The van der Waals surface area contributed by atoms with Gasteiger partial charge in [-0.05, 0) is 19.8 Å². The number of amides is 1. The quantitative estimate of drug-likeness (QED) is 0.899. The summed E-state index contributed by atoms with van der Waals surface area (Å²) in [4.78, 5) is 14.0. The lowest BCUT2D eigenvalue weighted by Crippen LogP contribution is -2.39. The second-order valence-corrected chi connectivity index (χ2v) is 6.62. The second kappa shape index (κ2) is 6.77. The summed E-state index contributed by atoms with van der Waals surface area (Å²) in [6, 6.07) is -0.395. The van der Waals surface area contributed by atoms with E-state index >= 15 is 0 Å². The number of aromatic nitrogens is 2. The molecule has 1 aromatic rings. The van der Waals surface area contributed by atoms with E-state index in [0.717, 1.165) is 23.5 Å². The monoisotopic (exact) mass is 311 g/mol. The molecule has 0 saturated carbocycles. The molecule has 1 aliphatic rings. The molecule has 22 heavy (non-hydrogen) atoms. The number of hydrogen-bond acceptors (Lipinski definition) is 3. The van der Waals surface area contributed by atoms with E-state index in [1.165, 1.54) is 4.90 Å². The van der Waals surface area contributed by atoms with Crippen molar-refractivity contribution in [2.75, 3.05) is 13.2 Å². The number of aliphatic hydroxyl groups is 1. The Morgan fingerprint density at radius 3 is 2.73 bits per heavy atom. The highest BCUT2D eigenvalue weighted by atomic mass is 19.1. The first-order valence-corrected chi connectivity index (χ1v) is 7.90. The molecule has 2 heterocycles. The summed E-state index contributed by atoms with van der Waals surface area (Å²) < 4.78 is 15.4. The van der Waals surface area contributed by atoms with Crippen molar-refractivity contribution >= 4 is 5.91 Å². The van der Waals surface area contributed by atoms with E-state index in [2.05, 4.69) is 18.9 Å². The van der Waals surface area contributed by atoms with Crippen LogP contribution < -0.4 is 0 Å². The van der Waals surface area contributed by atoms with E-state index in [9.17, 15) is 14.3 Å². The van der Waals surface area contributed by atoms with Gasteiger partial charge in [-0.15, -0.1) is 0 Å². The molecule has 2 rings (SSSR count). The zero-order valence-electron chi connectivity index (χ0n) is 13.8. The fourth-order valence-corrected chi connectivity index (χ4v) is 3.10. The van der Waals surface area contributed by atoms with Crippen LogP contribution in [0, 0.1) is 19.8 Å². The second-order valence-electron chi connectivity index (χ2n) is 6.62. The zero-order chi connectivity index (χ0) is 16.4. The molecule has 124 valence electrons. The molecular weight excluding hydrogens is 285 g/mol. The van der Waals surface area contributed by atoms with Crippen LogP contribution in [0.1, 0.15) is 37.2 Å². The third-order valence-corrected chi connectivity index (χ3v) is 4.29. The lowest BCUT2D eigenvalue weighted by Gasteiger charge is -2.22. The van der Waals surface area contributed by atoms with Crippen molar-refractivity contribution < 1.29 is 14.3 Å². The van der Waals surface area contributed by atoms with E-state index in [-0.39, 0.29) is 31.9 Å². The Bertz CT molecular complexity index is 542. The number of alkyl halides is 1. The number of aliphatic hydroxyl groups excluding tert-OH is 1. The van der Waals surface area contributed by atoms with Crippen LogP contribution in [-0.2, 0) is 17.8 Å². The molecule has 0 spiro atoms. The average Bonchev–Trinajstić information content (AvgIpc) is 2.93. The van der Waals surface area contributed by atoms with E-state index < -0.39 is 12.2 Å². The third kappa shape index (κ3) is 3.48. The molecule has 1 aromatic heterocycles. The van der Waals surface area contributed by atoms with Crippen LogP contribution in [-0.4, -0.2) is 51.1 Å². The first kappa shape index (κ1) is 16.9. The van der Waals surface area contributed by atoms with Crippen molar-refractivity contribution in [1.82, 2.24) is 14.7 Å². The Kier molecular flexibility index (Phi) is 5.21. The molecule has 1 aliphatic heterocycles. The topological polar surface area (TPSA) is 58.4 Å². The molecular formula is C16H26FN3O2. The SMILES string of the molecule is Cc1nn(CC(C)C)c(C)c1CC(=O)N1C[C@@H](F)C[C@H]1CO. The minimum Gasteiger partial charge on any atom is -0.394 e. The Labute approximate surface area is 131 Å². The van der Waals surface area contributed by atoms with Crippen LogP contribution in [0.2, 0.25) is 0 Å². The number of likely N-dealkylation sites (tertiary alicyclic amines) is 1. The Hall–Kier alpha value is -1.43. The molecule has 0 aromatic carbocycles. The van der Waals surface area contributed by atoms with E-state index in [4.69, 9.17) is 0 Å². The van der Waals surface area contributed by atoms with Crippen LogP contribution in [0.25, 0.3) is 0 Å². The van der Waals surface area contributed by atoms with Gasteiger partial charge in [0.15, 0.2) is 0 Å². The molecule has 1 N–H and O–H groups in total. The van der Waals surface area contributed by atoms with Gasteiger partial charge in [0.2, 0.25) is 5.91 Å². The van der Waals surface area contributed by atoms with Gasteiger partial charge < -0.3 is 10.0 Å². The van der Waals surface area contributed by atoms with Gasteiger partial charge in [-0.25, -0.2) is 4.39 Å². The predicted octanol–water partition coefficient (Wildman–Crippen LogP) is 1.63. The lowest BCUT2D eigenvalue weighted by molar-refractivity contribution is -0.132. The number of hydrogen-bond donors (Lipinski definition) is 1. The first-order chi connectivity index (χ1) is 10.3. The van der Waals surface area contributed by atoms with Crippen LogP contribution in [0.5, 0.6) is 0 Å². The summed E-state index contributed by atoms with van der Waals surface area (Å²) in [6.07, 6.45) is -0.585. The highest BCUT2D eigenvalue weighted by molar-refractivity contribution is 5.80. The maximum atomic E-state index is 13.5. The summed E-state index contributed by atoms with van der Waals surface area (Å²) in [6.45, 7) is 8.83. The standard InChI is InChI=1S/C16H26FN3O2/c1-10(2)7-20-12(4)15(11(3)18-20)6-16(22)19-8-13(17)5-14(19)9-21/h10,13-14,21H,5-9H2,1-4H3/t13-,14-/m0/s1. The minimum absolute atomic E-state index is 0.0856. The van der Waals surface area contributed by atoms with Gasteiger partial charge in [-0.1, -0.05) is 13.8 Å². The van der Waals surface area contributed by atoms with Gasteiger partial charge in [0.25, 0.3) is 0 Å². The largest absolute Gasteiger partial charge is 0.394 e. The molecule has 0 radical (unpaired) electrons. The third-order valence-electron chi connectivity index (χ3n) is 4.29. The van der Waals surface area contributed by atoms with Crippen LogP contribution >= 0.6 is 0 Å². The molecule has 0 bridgehead atoms. The highest BCUT2D eigenvalue weighted by Crippen LogP contribution is 2.23. The smallest absolute Gasteiger partial charge is 0.227 e. The summed E-state index contributed by atoms with van der Waals surface area (Å²) in [5.41, 5.74) is 2.77. The summed E-state index contributed by atoms with van der Waals surface area (Å²) >= 11 is 0. The van der Waals surface area contributed by atoms with Gasteiger partial charge in [0.1, 0.15) is 6.17 Å². The van der Waals surface area contributed by atoms with Crippen molar-refractivity contribution in [3.8, 4) is 0 Å². The minimum atomic E-state index is -1.04. The number of aryl methyl sites for hydroxylation is 1. The van der Waals surface area contributed by atoms with Crippen molar-refractivity contribution in [2.24, 2.45) is 5.92 Å². The van der Waals surface area contributed by atoms with Crippen LogP contribution in [0.4, 0.5) is 4.39 Å². The number of halogens is 1. The maximum Gasteiger partial charge on any atom is 0.227 e. The number of carbonyl (C=O) groups excluding carboxylic acids is 1. The fraction of sp³-hybridized carbons (Fsp3) is 0.750. The van der Waals surface area contributed by atoms with Crippen molar-refractivity contribution in [3.63, 3.8) is 0 Å². The van der Waals surface area contributed by atoms with Gasteiger partial charge in [-0.3, -0.25) is 9.48 Å². The Balaban J connectivity index is 2.13. The number of nitrogens with zero attached hydrogens (tertiary/aromatic N) is 3. The summed E-state index contributed by atoms with van der Waals surface area (Å²) in [5.74, 6) is 0.348. The normalized spacial score (nSPS) is 21.9. The zero-order valence-corrected chi connectivity index (χ0v) is 13.8.